The highest BCUT2D eigenvalue weighted by Crippen LogP contribution is 2.32. The molecule has 1 saturated heterocycles. The van der Waals surface area contributed by atoms with Crippen molar-refractivity contribution in [1.29, 1.82) is 0 Å². The number of rotatable bonds is 10. The summed E-state index contributed by atoms with van der Waals surface area (Å²) in [5.41, 5.74) is 1.16. The molecule has 0 spiro atoms. The molecule has 15 heteroatoms. The molecule has 264 valence electrons. The molecule has 0 unspecified atom stereocenters. The van der Waals surface area contributed by atoms with Crippen LogP contribution in [0.5, 0.6) is 0 Å². The fourth-order valence-electron chi connectivity index (χ4n) is 6.71. The number of furan rings is 1. The first-order chi connectivity index (χ1) is 24.1. The van der Waals surface area contributed by atoms with Crippen LogP contribution in [0.25, 0.3) is 11.0 Å². The number of aromatic nitrogens is 3. The van der Waals surface area contributed by atoms with Crippen molar-refractivity contribution in [3.63, 3.8) is 0 Å². The molecule has 1 aliphatic carbocycles. The van der Waals surface area contributed by atoms with Crippen molar-refractivity contribution in [3.05, 3.63) is 70.9 Å². The number of carbonyl (C=O) groups is 4. The fourth-order valence-corrected chi connectivity index (χ4v) is 7.13. The number of fused-ring (bicyclic) bond motifs is 1. The number of nitrogens with one attached hydrogen (secondary N) is 3. The van der Waals surface area contributed by atoms with E-state index in [-0.39, 0.29) is 28.0 Å². The van der Waals surface area contributed by atoms with Crippen LogP contribution < -0.4 is 16.0 Å². The van der Waals surface area contributed by atoms with Gasteiger partial charge in [0, 0.05) is 44.5 Å². The summed E-state index contributed by atoms with van der Waals surface area (Å²) >= 11 is 0.915. The lowest BCUT2D eigenvalue weighted by Crippen LogP contribution is -2.55. The number of benzene rings is 1. The van der Waals surface area contributed by atoms with Gasteiger partial charge in [-0.2, -0.15) is 0 Å². The first-order valence-corrected chi connectivity index (χ1v) is 17.6. The van der Waals surface area contributed by atoms with Crippen LogP contribution in [-0.2, 0) is 9.59 Å². The lowest BCUT2D eigenvalue weighted by Gasteiger charge is -2.36. The van der Waals surface area contributed by atoms with Crippen molar-refractivity contribution in [2.24, 2.45) is 11.8 Å². The highest BCUT2D eigenvalue weighted by molar-refractivity contribution is 7.07. The van der Waals surface area contributed by atoms with Gasteiger partial charge in [0.15, 0.2) is 0 Å². The Morgan fingerprint density at radius 2 is 1.76 bits per heavy atom. The van der Waals surface area contributed by atoms with Gasteiger partial charge < -0.3 is 30.2 Å². The Hall–Kier alpha value is -4.76. The van der Waals surface area contributed by atoms with E-state index < -0.39 is 41.5 Å². The molecule has 3 aromatic heterocycles. The standard InChI is InChI=1S/C35H41FN8O5S/c1-20-4-6-22(7-5-20)31(41-32(45)25-19-49-28-10-11-37-17-24(25)28)34(47)39-27-9-8-23(16-26(27)36)21(2)30(40-33(46)29-18-38-42-50-29)35(48)44-14-12-43(3)13-15-44/h8-11,16-22,30-31H,4-7,12-15H2,1-3H3,(H,39,47)(H,40,46)(H,41,45)/t20?,21-,22?,30+,31-/m0/s1. The molecule has 4 aromatic rings. The Morgan fingerprint density at radius 1 is 1.00 bits per heavy atom. The van der Waals surface area contributed by atoms with Crippen LogP contribution in [0.3, 0.4) is 0 Å². The largest absolute Gasteiger partial charge is 0.463 e. The fraction of sp³-hybridized carbons (Fsp3) is 0.457. The third kappa shape index (κ3) is 7.83. The van der Waals surface area contributed by atoms with Crippen LogP contribution in [0.1, 0.15) is 71.0 Å². The third-order valence-corrected chi connectivity index (χ3v) is 10.6. The van der Waals surface area contributed by atoms with Gasteiger partial charge >= 0.3 is 0 Å². The second kappa shape index (κ2) is 15.4. The summed E-state index contributed by atoms with van der Waals surface area (Å²) < 4.78 is 25.1. The molecule has 1 aliphatic heterocycles. The van der Waals surface area contributed by atoms with Gasteiger partial charge in [-0.25, -0.2) is 4.39 Å². The summed E-state index contributed by atoms with van der Waals surface area (Å²) in [6.45, 7) is 6.31. The first-order valence-electron chi connectivity index (χ1n) is 16.9. The molecule has 1 aromatic carbocycles. The normalized spacial score (nSPS) is 20.1. The Balaban J connectivity index is 1.20. The van der Waals surface area contributed by atoms with Crippen LogP contribution in [0, 0.1) is 17.7 Å². The highest BCUT2D eigenvalue weighted by atomic mass is 32.1. The van der Waals surface area contributed by atoms with Crippen molar-refractivity contribution in [3.8, 4) is 0 Å². The number of hydrogen-bond acceptors (Lipinski definition) is 10. The monoisotopic (exact) mass is 704 g/mol. The maximum absolute atomic E-state index is 15.8. The molecule has 3 N–H and O–H groups in total. The van der Waals surface area contributed by atoms with Crippen LogP contribution in [-0.4, -0.2) is 93.3 Å². The summed E-state index contributed by atoms with van der Waals surface area (Å²) in [6.07, 6.45) is 9.07. The van der Waals surface area contributed by atoms with Crippen LogP contribution >= 0.6 is 11.5 Å². The van der Waals surface area contributed by atoms with E-state index in [1.54, 1.807) is 30.2 Å². The summed E-state index contributed by atoms with van der Waals surface area (Å²) in [5, 5.41) is 12.7. The predicted octanol–water partition coefficient (Wildman–Crippen LogP) is 4.06. The maximum Gasteiger partial charge on any atom is 0.265 e. The highest BCUT2D eigenvalue weighted by Gasteiger charge is 2.36. The number of hydrogen-bond donors (Lipinski definition) is 3. The lowest BCUT2D eigenvalue weighted by molar-refractivity contribution is -0.135. The minimum absolute atomic E-state index is 0.0611. The van der Waals surface area contributed by atoms with Crippen LogP contribution in [0.15, 0.2) is 53.5 Å². The number of halogens is 1. The molecular formula is C35H41FN8O5S. The Kier molecular flexibility index (Phi) is 10.8. The lowest BCUT2D eigenvalue weighted by atomic mass is 9.79. The Labute approximate surface area is 293 Å². The van der Waals surface area contributed by atoms with Crippen LogP contribution in [0.2, 0.25) is 0 Å². The van der Waals surface area contributed by atoms with E-state index in [1.165, 1.54) is 30.8 Å². The summed E-state index contributed by atoms with van der Waals surface area (Å²) in [7, 11) is 1.98. The zero-order valence-corrected chi connectivity index (χ0v) is 29.0. The van der Waals surface area contributed by atoms with Gasteiger partial charge in [-0.1, -0.05) is 37.2 Å². The molecule has 50 heavy (non-hydrogen) atoms. The average Bonchev–Trinajstić information content (AvgIpc) is 3.82. The third-order valence-electron chi connectivity index (χ3n) is 9.95. The number of nitrogens with zero attached hydrogens (tertiary/aromatic N) is 5. The van der Waals surface area contributed by atoms with Gasteiger partial charge in [0.1, 0.15) is 34.6 Å². The molecule has 1 saturated carbocycles. The van der Waals surface area contributed by atoms with Gasteiger partial charge in [-0.05, 0) is 67.0 Å². The second-order valence-corrected chi connectivity index (χ2v) is 14.2. The molecule has 0 bridgehead atoms. The minimum Gasteiger partial charge on any atom is -0.463 e. The van der Waals surface area contributed by atoms with Crippen molar-refractivity contribution in [2.45, 2.75) is 57.5 Å². The van der Waals surface area contributed by atoms with E-state index >= 15 is 4.39 Å². The molecule has 4 heterocycles. The van der Waals surface area contributed by atoms with Gasteiger partial charge in [0.05, 0.1) is 22.8 Å². The number of carbonyl (C=O) groups excluding carboxylic acids is 4. The van der Waals surface area contributed by atoms with E-state index in [0.29, 0.717) is 48.6 Å². The Bertz CT molecular complexity index is 1840. The number of likely N-dealkylation sites (N-methyl/N-ethyl adjacent to an activating group) is 1. The van der Waals surface area contributed by atoms with Gasteiger partial charge in [0.2, 0.25) is 11.8 Å². The number of pyridine rings is 1. The number of amides is 4. The second-order valence-electron chi connectivity index (χ2n) is 13.4. The predicted molar refractivity (Wildman–Crippen MR) is 185 cm³/mol. The quantitative estimate of drug-likeness (QED) is 0.221. The molecule has 6 rings (SSSR count). The molecular weight excluding hydrogens is 664 g/mol. The van der Waals surface area contributed by atoms with E-state index in [0.717, 1.165) is 37.2 Å². The summed E-state index contributed by atoms with van der Waals surface area (Å²) in [5.74, 6) is -2.74. The minimum atomic E-state index is -0.990. The zero-order chi connectivity index (χ0) is 35.4. The SMILES string of the molecule is CC1CCC([C@H](NC(=O)c2coc3ccncc23)C(=O)Nc2ccc([C@H](C)[C@@H](NC(=O)c3cnns3)C(=O)N3CCN(C)CC3)cc2F)CC1. The summed E-state index contributed by atoms with van der Waals surface area (Å²) in [6, 6.07) is 4.10. The van der Waals surface area contributed by atoms with E-state index in [2.05, 4.69) is 42.3 Å². The van der Waals surface area contributed by atoms with Gasteiger partial charge in [0.25, 0.3) is 11.8 Å². The smallest absolute Gasteiger partial charge is 0.265 e. The molecule has 2 fully saturated rings. The Morgan fingerprint density at radius 3 is 2.46 bits per heavy atom. The van der Waals surface area contributed by atoms with Crippen molar-refractivity contribution >= 4 is 51.8 Å². The van der Waals surface area contributed by atoms with Crippen molar-refractivity contribution < 1.29 is 28.0 Å². The number of piperazine rings is 1. The molecule has 4 amide bonds. The topological polar surface area (TPSA) is 163 Å². The molecule has 3 atom stereocenters. The average molecular weight is 705 g/mol. The molecule has 13 nitrogen and oxygen atoms in total. The van der Waals surface area contributed by atoms with Gasteiger partial charge in [-0.3, -0.25) is 24.2 Å². The first kappa shape index (κ1) is 35.1. The van der Waals surface area contributed by atoms with Crippen LogP contribution in [0.4, 0.5) is 10.1 Å². The number of anilines is 1. The van der Waals surface area contributed by atoms with Crippen molar-refractivity contribution in [2.75, 3.05) is 38.5 Å². The van der Waals surface area contributed by atoms with E-state index in [1.807, 2.05) is 7.05 Å². The van der Waals surface area contributed by atoms with Crippen molar-refractivity contribution in [1.82, 2.24) is 35.0 Å². The zero-order valence-electron chi connectivity index (χ0n) is 28.2. The maximum atomic E-state index is 15.8. The summed E-state index contributed by atoms with van der Waals surface area (Å²) in [4.78, 5) is 62.3. The molecule has 0 radical (unpaired) electrons. The molecule has 2 aliphatic rings. The van der Waals surface area contributed by atoms with Gasteiger partial charge in [-0.15, -0.1) is 5.10 Å². The van der Waals surface area contributed by atoms with E-state index in [4.69, 9.17) is 4.42 Å². The van der Waals surface area contributed by atoms with E-state index in [9.17, 15) is 19.2 Å².